The Labute approximate surface area is 176 Å². The fraction of sp³-hybridized carbons (Fsp3) is 0.450. The molecule has 0 spiro atoms. The summed E-state index contributed by atoms with van der Waals surface area (Å²) in [6.45, 7) is -0.824. The summed E-state index contributed by atoms with van der Waals surface area (Å²) >= 11 is 0. The van der Waals surface area contributed by atoms with Crippen LogP contribution in [0.4, 0.5) is 13.2 Å². The van der Waals surface area contributed by atoms with Crippen LogP contribution in [0, 0.1) is 5.92 Å². The summed E-state index contributed by atoms with van der Waals surface area (Å²) in [5.41, 5.74) is 1.41. The molecule has 168 valence electrons. The Balaban J connectivity index is 1.63. The molecule has 8 nitrogen and oxygen atoms in total. The molecule has 1 aromatic carbocycles. The van der Waals surface area contributed by atoms with Crippen molar-refractivity contribution in [2.45, 2.75) is 19.0 Å². The summed E-state index contributed by atoms with van der Waals surface area (Å²) in [7, 11) is 3.07. The second-order valence-corrected chi connectivity index (χ2v) is 7.13. The van der Waals surface area contributed by atoms with Crippen LogP contribution in [0.2, 0.25) is 0 Å². The molecule has 3 rings (SSSR count). The maximum Gasteiger partial charge on any atom is 0.405 e. The van der Waals surface area contributed by atoms with Gasteiger partial charge >= 0.3 is 6.18 Å². The maximum absolute atomic E-state index is 12.8. The Hall–Kier alpha value is -3.24. The van der Waals surface area contributed by atoms with Crippen LogP contribution in [0.1, 0.15) is 23.3 Å². The number of hydrogen-bond donors (Lipinski definition) is 2. The van der Waals surface area contributed by atoms with E-state index < -0.39 is 24.5 Å². The van der Waals surface area contributed by atoms with Crippen molar-refractivity contribution in [2.75, 3.05) is 33.9 Å². The van der Waals surface area contributed by atoms with Crippen LogP contribution in [-0.4, -0.2) is 66.9 Å². The average molecular weight is 440 g/mol. The highest BCUT2D eigenvalue weighted by atomic mass is 19.4. The molecule has 2 N–H and O–H groups in total. The van der Waals surface area contributed by atoms with Crippen LogP contribution in [-0.2, 0) is 4.79 Å². The number of rotatable bonds is 6. The molecule has 1 aliphatic rings. The minimum Gasteiger partial charge on any atom is -0.497 e. The van der Waals surface area contributed by atoms with Crippen molar-refractivity contribution in [3.05, 3.63) is 30.0 Å². The number of ether oxygens (including phenoxy) is 2. The van der Waals surface area contributed by atoms with Gasteiger partial charge in [0, 0.05) is 24.6 Å². The molecule has 2 amide bonds. The fourth-order valence-corrected chi connectivity index (χ4v) is 3.43. The number of nitrogens with zero attached hydrogens (tertiary/aromatic N) is 2. The van der Waals surface area contributed by atoms with Gasteiger partial charge in [0.05, 0.1) is 19.9 Å². The maximum atomic E-state index is 12.8. The number of carbonyl (C=O) groups excluding carboxylic acids is 2. The molecule has 0 aliphatic carbocycles. The van der Waals surface area contributed by atoms with Gasteiger partial charge < -0.3 is 19.7 Å². The van der Waals surface area contributed by atoms with E-state index in [1.165, 1.54) is 14.2 Å². The monoisotopic (exact) mass is 440 g/mol. The van der Waals surface area contributed by atoms with Gasteiger partial charge in [0.2, 0.25) is 5.91 Å². The number of hydrogen-bond acceptors (Lipinski definition) is 5. The number of H-pyrrole nitrogens is 1. The molecule has 0 saturated carbocycles. The Bertz CT molecular complexity index is 937. The molecule has 0 atom stereocenters. The number of aromatic amines is 1. The van der Waals surface area contributed by atoms with E-state index in [-0.39, 0.29) is 24.7 Å². The van der Waals surface area contributed by atoms with Gasteiger partial charge in [-0.25, -0.2) is 0 Å². The van der Waals surface area contributed by atoms with Crippen molar-refractivity contribution in [2.24, 2.45) is 5.92 Å². The van der Waals surface area contributed by atoms with E-state index in [0.29, 0.717) is 35.6 Å². The van der Waals surface area contributed by atoms with Crippen LogP contribution >= 0.6 is 0 Å². The zero-order valence-electron chi connectivity index (χ0n) is 17.1. The number of nitrogens with one attached hydrogen (secondary N) is 2. The number of likely N-dealkylation sites (tertiary alicyclic amines) is 1. The molecule has 0 bridgehead atoms. The summed E-state index contributed by atoms with van der Waals surface area (Å²) in [6.07, 6.45) is -3.86. The lowest BCUT2D eigenvalue weighted by Gasteiger charge is -2.31. The van der Waals surface area contributed by atoms with Gasteiger partial charge in [-0.2, -0.15) is 18.3 Å². The number of benzene rings is 1. The molecular weight excluding hydrogens is 417 g/mol. The normalized spacial score (nSPS) is 14.9. The minimum atomic E-state index is -4.45. The van der Waals surface area contributed by atoms with Gasteiger partial charge in [-0.15, -0.1) is 0 Å². The Morgan fingerprint density at radius 2 is 1.90 bits per heavy atom. The lowest BCUT2D eigenvalue weighted by atomic mass is 9.95. The highest BCUT2D eigenvalue weighted by Crippen LogP contribution is 2.32. The highest BCUT2D eigenvalue weighted by molar-refractivity contribution is 5.94. The number of aromatic nitrogens is 2. The molecule has 1 saturated heterocycles. The van der Waals surface area contributed by atoms with E-state index in [4.69, 9.17) is 9.47 Å². The van der Waals surface area contributed by atoms with Crippen molar-refractivity contribution in [1.29, 1.82) is 0 Å². The van der Waals surface area contributed by atoms with Crippen molar-refractivity contribution in [3.63, 3.8) is 0 Å². The first-order chi connectivity index (χ1) is 14.7. The number of carbonyl (C=O) groups is 2. The molecule has 31 heavy (non-hydrogen) atoms. The lowest BCUT2D eigenvalue weighted by Crippen LogP contribution is -2.44. The fourth-order valence-electron chi connectivity index (χ4n) is 3.43. The number of methoxy groups -OCH3 is 2. The number of piperidine rings is 1. The van der Waals surface area contributed by atoms with E-state index in [9.17, 15) is 22.8 Å². The molecule has 11 heteroatoms. The van der Waals surface area contributed by atoms with Crippen LogP contribution in [0.5, 0.6) is 11.5 Å². The predicted molar refractivity (Wildman–Crippen MR) is 105 cm³/mol. The van der Waals surface area contributed by atoms with Crippen LogP contribution < -0.4 is 14.8 Å². The quantitative estimate of drug-likeness (QED) is 0.720. The minimum absolute atomic E-state index is 0.264. The van der Waals surface area contributed by atoms with Gasteiger partial charge in [-0.05, 0) is 37.1 Å². The van der Waals surface area contributed by atoms with Crippen molar-refractivity contribution < 1.29 is 32.2 Å². The van der Waals surface area contributed by atoms with Crippen molar-refractivity contribution >= 4 is 11.8 Å². The third kappa shape index (κ3) is 5.47. The molecule has 0 radical (unpaired) electrons. The topological polar surface area (TPSA) is 96.5 Å². The summed E-state index contributed by atoms with van der Waals surface area (Å²) in [6, 6.07) is 6.82. The van der Waals surface area contributed by atoms with Gasteiger partial charge in [-0.1, -0.05) is 0 Å². The largest absolute Gasteiger partial charge is 0.497 e. The van der Waals surface area contributed by atoms with E-state index in [0.717, 1.165) is 0 Å². The number of amides is 2. The standard InChI is InChI=1S/C20H23F3N4O4/c1-30-13-3-4-17(31-2)14(9-13)15-10-16(26-25-15)19(29)27-7-5-12(6-8-27)18(28)24-11-20(21,22)23/h3-4,9-10,12H,5-8,11H2,1-2H3,(H,24,28)(H,25,26). The molecule has 2 heterocycles. The summed E-state index contributed by atoms with van der Waals surface area (Å²) < 4.78 is 47.4. The van der Waals surface area contributed by atoms with Gasteiger partial charge in [0.1, 0.15) is 23.7 Å². The van der Waals surface area contributed by atoms with Crippen LogP contribution in [0.3, 0.4) is 0 Å². The SMILES string of the molecule is COc1ccc(OC)c(-c2cc(C(=O)N3CCC(C(=O)NCC(F)(F)F)CC3)[nH]n2)c1. The molecule has 1 aliphatic heterocycles. The lowest BCUT2D eigenvalue weighted by molar-refractivity contribution is -0.141. The summed E-state index contributed by atoms with van der Waals surface area (Å²) in [5, 5.41) is 8.82. The highest BCUT2D eigenvalue weighted by Gasteiger charge is 2.32. The first kappa shape index (κ1) is 22.4. The smallest absolute Gasteiger partial charge is 0.405 e. The molecule has 1 fully saturated rings. The molecular formula is C20H23F3N4O4. The summed E-state index contributed by atoms with van der Waals surface area (Å²) in [4.78, 5) is 26.3. The Morgan fingerprint density at radius 1 is 1.19 bits per heavy atom. The molecule has 2 aromatic rings. The van der Waals surface area contributed by atoms with Crippen molar-refractivity contribution in [1.82, 2.24) is 20.4 Å². The average Bonchev–Trinajstić information content (AvgIpc) is 3.26. The Morgan fingerprint density at radius 3 is 2.52 bits per heavy atom. The van der Waals surface area contributed by atoms with E-state index in [1.807, 2.05) is 5.32 Å². The first-order valence-corrected chi connectivity index (χ1v) is 9.63. The van der Waals surface area contributed by atoms with E-state index in [1.54, 1.807) is 29.2 Å². The van der Waals surface area contributed by atoms with Crippen LogP contribution in [0.25, 0.3) is 11.3 Å². The third-order valence-corrected chi connectivity index (χ3v) is 5.11. The van der Waals surface area contributed by atoms with Gasteiger partial charge in [-0.3, -0.25) is 14.7 Å². The van der Waals surface area contributed by atoms with Crippen LogP contribution in [0.15, 0.2) is 24.3 Å². The van der Waals surface area contributed by atoms with Gasteiger partial charge in [0.25, 0.3) is 5.91 Å². The third-order valence-electron chi connectivity index (χ3n) is 5.11. The number of alkyl halides is 3. The summed E-state index contributed by atoms with van der Waals surface area (Å²) in [5.74, 6) is -0.313. The van der Waals surface area contributed by atoms with E-state index in [2.05, 4.69) is 10.2 Å². The number of halogens is 3. The zero-order chi connectivity index (χ0) is 22.6. The molecule has 1 aromatic heterocycles. The first-order valence-electron chi connectivity index (χ1n) is 9.63. The second-order valence-electron chi connectivity index (χ2n) is 7.13. The van der Waals surface area contributed by atoms with Gasteiger partial charge in [0.15, 0.2) is 0 Å². The zero-order valence-corrected chi connectivity index (χ0v) is 17.1. The predicted octanol–water partition coefficient (Wildman–Crippen LogP) is 2.62. The Kier molecular flexibility index (Phi) is 6.71. The molecule has 0 unspecified atom stereocenters. The second kappa shape index (κ2) is 9.27. The van der Waals surface area contributed by atoms with E-state index >= 15 is 0 Å². The van der Waals surface area contributed by atoms with Crippen molar-refractivity contribution in [3.8, 4) is 22.8 Å².